The number of carbonyl (C=O) groups is 1. The molecule has 0 bridgehead atoms. The second-order valence-electron chi connectivity index (χ2n) is 6.48. The largest absolute Gasteiger partial charge is 0.502 e. The zero-order valence-corrected chi connectivity index (χ0v) is 17.8. The van der Waals surface area contributed by atoms with Crippen LogP contribution >= 0.6 is 7.82 Å². The first kappa shape index (κ1) is 26.1. The Morgan fingerprint density at radius 1 is 0.852 bits per heavy atom. The predicted molar refractivity (Wildman–Crippen MR) is 106 cm³/mol. The Labute approximate surface area is 163 Å². The van der Waals surface area contributed by atoms with E-state index >= 15 is 0 Å². The predicted octanol–water partition coefficient (Wildman–Crippen LogP) is 5.44. The Morgan fingerprint density at radius 2 is 1.33 bits per heavy atom. The first-order valence-electron chi connectivity index (χ1n) is 10.1. The topological polar surface area (TPSA) is 102 Å². The Morgan fingerprint density at radius 3 is 1.85 bits per heavy atom. The lowest BCUT2D eigenvalue weighted by atomic mass is 10.1. The molecule has 0 radical (unpaired) electrons. The second-order valence-corrected chi connectivity index (χ2v) is 7.93. The molecule has 1 atom stereocenters. The maximum atomic E-state index is 11.7. The van der Waals surface area contributed by atoms with Gasteiger partial charge in [0.15, 0.2) is 5.76 Å². The van der Waals surface area contributed by atoms with Crippen LogP contribution in [0, 0.1) is 0 Å². The molecule has 0 aliphatic rings. The van der Waals surface area contributed by atoms with E-state index in [9.17, 15) is 14.3 Å². The first-order valence-corrected chi connectivity index (χ1v) is 11.6. The molecule has 0 rings (SSSR count). The van der Waals surface area contributed by atoms with Gasteiger partial charge in [-0.05, 0) is 19.4 Å². The van der Waals surface area contributed by atoms with E-state index in [1.54, 1.807) is 0 Å². The third-order valence-electron chi connectivity index (χ3n) is 4.01. The average molecular weight is 408 g/mol. The van der Waals surface area contributed by atoms with Gasteiger partial charge in [0.05, 0.1) is 19.8 Å². The Balaban J connectivity index is 3.50. The molecule has 0 heterocycles. The molecule has 0 fully saturated rings. The highest BCUT2D eigenvalue weighted by molar-refractivity contribution is 7.47. The van der Waals surface area contributed by atoms with Gasteiger partial charge >= 0.3 is 13.8 Å². The van der Waals surface area contributed by atoms with Crippen LogP contribution in [0.3, 0.4) is 0 Å². The van der Waals surface area contributed by atoms with Gasteiger partial charge in [-0.1, -0.05) is 64.7 Å². The standard InChI is InChI=1S/C19H37O7P/c1-3-5-6-7-8-9-10-11-12-13-16-25-27(22,23)26-17-14-15-24-19(21)18(20)4-2/h4,20H,3,5-17H2,1-2H3,(H,22,23). The zero-order valence-electron chi connectivity index (χ0n) is 16.9. The average Bonchev–Trinajstić information content (AvgIpc) is 2.64. The quantitative estimate of drug-likeness (QED) is 0.102. The molecule has 0 aliphatic heterocycles. The molecule has 27 heavy (non-hydrogen) atoms. The van der Waals surface area contributed by atoms with Crippen LogP contribution in [0.4, 0.5) is 0 Å². The van der Waals surface area contributed by atoms with Crippen LogP contribution in [-0.2, 0) is 23.1 Å². The molecule has 0 aromatic heterocycles. The van der Waals surface area contributed by atoms with E-state index < -0.39 is 19.6 Å². The van der Waals surface area contributed by atoms with Crippen LogP contribution in [0.15, 0.2) is 11.8 Å². The van der Waals surface area contributed by atoms with Gasteiger partial charge < -0.3 is 14.7 Å². The third kappa shape index (κ3) is 17.0. The highest BCUT2D eigenvalue weighted by Crippen LogP contribution is 2.43. The summed E-state index contributed by atoms with van der Waals surface area (Å²) >= 11 is 0. The molecule has 0 saturated heterocycles. The maximum Gasteiger partial charge on any atom is 0.472 e. The van der Waals surface area contributed by atoms with Crippen LogP contribution < -0.4 is 0 Å². The van der Waals surface area contributed by atoms with E-state index in [0.29, 0.717) is 0 Å². The number of esters is 1. The van der Waals surface area contributed by atoms with Crippen molar-refractivity contribution in [3.8, 4) is 0 Å². The van der Waals surface area contributed by atoms with Crippen LogP contribution in [0.2, 0.25) is 0 Å². The molecule has 0 spiro atoms. The van der Waals surface area contributed by atoms with Crippen molar-refractivity contribution in [3.05, 3.63) is 11.8 Å². The number of unbranched alkanes of at least 4 members (excludes halogenated alkanes) is 9. The van der Waals surface area contributed by atoms with Crippen LogP contribution in [0.1, 0.15) is 84.5 Å². The SMILES string of the molecule is CC=C(O)C(=O)OCCCOP(=O)(O)OCCCCCCCCCCCC. The molecular weight excluding hydrogens is 371 g/mol. The molecule has 0 aliphatic carbocycles. The summed E-state index contributed by atoms with van der Waals surface area (Å²) in [4.78, 5) is 20.7. The fourth-order valence-corrected chi connectivity index (χ4v) is 3.20. The van der Waals surface area contributed by atoms with Crippen molar-refractivity contribution in [2.24, 2.45) is 0 Å². The van der Waals surface area contributed by atoms with Gasteiger partial charge in [0.1, 0.15) is 0 Å². The normalized spacial score (nSPS) is 14.1. The molecule has 0 aromatic carbocycles. The minimum absolute atomic E-state index is 0.0187. The van der Waals surface area contributed by atoms with Crippen LogP contribution in [0.25, 0.3) is 0 Å². The molecular formula is C19H37O7P. The lowest BCUT2D eigenvalue weighted by Gasteiger charge is -2.12. The molecule has 0 saturated carbocycles. The molecule has 0 aromatic rings. The minimum Gasteiger partial charge on any atom is -0.502 e. The number of ether oxygens (including phenoxy) is 1. The smallest absolute Gasteiger partial charge is 0.472 e. The summed E-state index contributed by atoms with van der Waals surface area (Å²) in [5.41, 5.74) is 0. The summed E-state index contributed by atoms with van der Waals surface area (Å²) in [6, 6.07) is 0. The van der Waals surface area contributed by atoms with Crippen molar-refractivity contribution in [2.45, 2.75) is 84.5 Å². The number of hydrogen-bond donors (Lipinski definition) is 2. The molecule has 160 valence electrons. The van der Waals surface area contributed by atoms with Gasteiger partial charge in [-0.15, -0.1) is 0 Å². The Hall–Kier alpha value is -0.880. The van der Waals surface area contributed by atoms with Crippen molar-refractivity contribution < 1.29 is 33.1 Å². The van der Waals surface area contributed by atoms with E-state index in [0.717, 1.165) is 19.3 Å². The summed E-state index contributed by atoms with van der Waals surface area (Å²) in [6.45, 7) is 3.82. The van der Waals surface area contributed by atoms with E-state index in [4.69, 9.17) is 18.9 Å². The van der Waals surface area contributed by atoms with Crippen LogP contribution in [-0.4, -0.2) is 35.8 Å². The number of phosphoric acid groups is 1. The van der Waals surface area contributed by atoms with Crippen molar-refractivity contribution in [3.63, 3.8) is 0 Å². The fourth-order valence-electron chi connectivity index (χ4n) is 2.40. The van der Waals surface area contributed by atoms with E-state index in [2.05, 4.69) is 6.92 Å². The number of phosphoric ester groups is 1. The summed E-state index contributed by atoms with van der Waals surface area (Å²) in [5, 5.41) is 9.10. The lowest BCUT2D eigenvalue weighted by Crippen LogP contribution is -2.10. The van der Waals surface area contributed by atoms with Crippen molar-refractivity contribution in [1.29, 1.82) is 0 Å². The van der Waals surface area contributed by atoms with Gasteiger partial charge in [0, 0.05) is 6.42 Å². The van der Waals surface area contributed by atoms with Gasteiger partial charge in [-0.2, -0.15) is 0 Å². The number of aliphatic hydroxyl groups excluding tert-OH is 1. The van der Waals surface area contributed by atoms with Gasteiger partial charge in [0.25, 0.3) is 0 Å². The van der Waals surface area contributed by atoms with Gasteiger partial charge in [-0.25, -0.2) is 9.36 Å². The molecule has 1 unspecified atom stereocenters. The monoisotopic (exact) mass is 408 g/mol. The summed E-state index contributed by atoms with van der Waals surface area (Å²) in [6.07, 6.45) is 13.2. The molecule has 2 N–H and O–H groups in total. The fraction of sp³-hybridized carbons (Fsp3) is 0.842. The second kappa shape index (κ2) is 17.2. The van der Waals surface area contributed by atoms with Gasteiger partial charge in [-0.3, -0.25) is 9.05 Å². The number of aliphatic hydroxyl groups is 1. The Bertz CT molecular complexity index is 451. The summed E-state index contributed by atoms with van der Waals surface area (Å²) in [7, 11) is -4.06. The van der Waals surface area contributed by atoms with Crippen molar-refractivity contribution >= 4 is 13.8 Å². The van der Waals surface area contributed by atoms with E-state index in [1.807, 2.05) is 0 Å². The first-order chi connectivity index (χ1) is 12.9. The van der Waals surface area contributed by atoms with Gasteiger partial charge in [0.2, 0.25) is 0 Å². The molecule has 8 heteroatoms. The van der Waals surface area contributed by atoms with E-state index in [-0.39, 0.29) is 26.2 Å². The summed E-state index contributed by atoms with van der Waals surface area (Å²) < 4.78 is 26.1. The third-order valence-corrected chi connectivity index (χ3v) is 5.03. The summed E-state index contributed by atoms with van der Waals surface area (Å²) in [5.74, 6) is -1.30. The number of carbonyl (C=O) groups excluding carboxylic acids is 1. The minimum atomic E-state index is -4.06. The lowest BCUT2D eigenvalue weighted by molar-refractivity contribution is -0.142. The molecule has 0 amide bonds. The maximum absolute atomic E-state index is 11.7. The van der Waals surface area contributed by atoms with Crippen molar-refractivity contribution in [1.82, 2.24) is 0 Å². The highest BCUT2D eigenvalue weighted by atomic mass is 31.2. The number of allylic oxidation sites excluding steroid dienone is 1. The number of hydrogen-bond acceptors (Lipinski definition) is 6. The van der Waals surface area contributed by atoms with Crippen molar-refractivity contribution in [2.75, 3.05) is 19.8 Å². The Kier molecular flexibility index (Phi) is 16.7. The van der Waals surface area contributed by atoms with E-state index in [1.165, 1.54) is 57.9 Å². The highest BCUT2D eigenvalue weighted by Gasteiger charge is 2.20. The zero-order chi connectivity index (χ0) is 20.4. The number of rotatable bonds is 18. The van der Waals surface area contributed by atoms with Crippen LogP contribution in [0.5, 0.6) is 0 Å². The molecule has 7 nitrogen and oxygen atoms in total.